The summed E-state index contributed by atoms with van der Waals surface area (Å²) >= 11 is 5.24. The molecular weight excluding hydrogens is 210 g/mol. The van der Waals surface area contributed by atoms with E-state index in [0.29, 0.717) is 5.76 Å². The van der Waals surface area contributed by atoms with E-state index < -0.39 is 5.97 Å². The fourth-order valence-electron chi connectivity index (χ4n) is 0.821. The number of hydrogen-bond donors (Lipinski definition) is 2. The third kappa shape index (κ3) is 2.77. The summed E-state index contributed by atoms with van der Waals surface area (Å²) in [6.07, 6.45) is 0. The zero-order valence-electron chi connectivity index (χ0n) is 7.12. The number of furan rings is 1. The maximum atomic E-state index is 10.7. The molecule has 14 heavy (non-hydrogen) atoms. The molecule has 1 aromatic rings. The lowest BCUT2D eigenvalue weighted by Crippen LogP contribution is -2.23. The van der Waals surface area contributed by atoms with E-state index in [1.807, 2.05) is 0 Å². The largest absolute Gasteiger partial charge is 0.475 e. The first kappa shape index (κ1) is 10.6. The number of nitrogens with one attached hydrogen (secondary N) is 1. The quantitative estimate of drug-likeness (QED) is 0.733. The highest BCUT2D eigenvalue weighted by molar-refractivity contribution is 6.27. The van der Waals surface area contributed by atoms with Gasteiger partial charge in [-0.2, -0.15) is 0 Å². The number of carboxylic acids is 1. The molecule has 6 heteroatoms. The number of carbonyl (C=O) groups excluding carboxylic acids is 1. The van der Waals surface area contributed by atoms with E-state index in [-0.39, 0.29) is 24.1 Å². The van der Waals surface area contributed by atoms with Gasteiger partial charge in [0.25, 0.3) is 0 Å². The molecule has 0 aliphatic rings. The van der Waals surface area contributed by atoms with E-state index >= 15 is 0 Å². The van der Waals surface area contributed by atoms with Crippen LogP contribution in [-0.4, -0.2) is 22.9 Å². The molecule has 5 nitrogen and oxygen atoms in total. The predicted octanol–water partition coefficient (Wildman–Crippen LogP) is 0.833. The number of carboxylic acid groups (broad SMARTS) is 1. The van der Waals surface area contributed by atoms with Gasteiger partial charge in [-0.15, -0.1) is 11.6 Å². The normalized spacial score (nSPS) is 9.79. The number of aromatic carboxylic acids is 1. The Morgan fingerprint density at radius 2 is 2.21 bits per heavy atom. The SMILES string of the molecule is O=C(CCl)NCc1ccc(C(=O)O)o1. The first-order valence-electron chi connectivity index (χ1n) is 3.78. The lowest BCUT2D eigenvalue weighted by molar-refractivity contribution is -0.118. The molecule has 1 amide bonds. The molecule has 0 spiro atoms. The molecule has 0 atom stereocenters. The number of rotatable bonds is 4. The number of carbonyl (C=O) groups is 2. The molecule has 1 rings (SSSR count). The van der Waals surface area contributed by atoms with Gasteiger partial charge in [-0.1, -0.05) is 0 Å². The van der Waals surface area contributed by atoms with Gasteiger partial charge in [0.1, 0.15) is 11.6 Å². The summed E-state index contributed by atoms with van der Waals surface area (Å²) in [4.78, 5) is 21.1. The predicted molar refractivity (Wildman–Crippen MR) is 48.2 cm³/mol. The standard InChI is InChI=1S/C8H8ClNO4/c9-3-7(11)10-4-5-1-2-6(14-5)8(12)13/h1-2H,3-4H2,(H,10,11)(H,12,13). The first-order chi connectivity index (χ1) is 6.63. The minimum Gasteiger partial charge on any atom is -0.475 e. The number of halogens is 1. The van der Waals surface area contributed by atoms with Gasteiger partial charge >= 0.3 is 5.97 Å². The van der Waals surface area contributed by atoms with Crippen molar-refractivity contribution in [1.82, 2.24) is 5.32 Å². The van der Waals surface area contributed by atoms with E-state index in [9.17, 15) is 9.59 Å². The summed E-state index contributed by atoms with van der Waals surface area (Å²) in [5.74, 6) is -1.38. The molecule has 0 unspecified atom stereocenters. The van der Waals surface area contributed by atoms with Crippen molar-refractivity contribution in [3.8, 4) is 0 Å². The van der Waals surface area contributed by atoms with Crippen LogP contribution in [0.1, 0.15) is 16.3 Å². The van der Waals surface area contributed by atoms with Crippen LogP contribution < -0.4 is 5.32 Å². The lowest BCUT2D eigenvalue weighted by Gasteiger charge is -1.98. The molecular formula is C8H8ClNO4. The molecule has 2 N–H and O–H groups in total. The number of alkyl halides is 1. The van der Waals surface area contributed by atoms with Gasteiger partial charge in [0.05, 0.1) is 6.54 Å². The summed E-state index contributed by atoms with van der Waals surface area (Å²) < 4.78 is 4.88. The van der Waals surface area contributed by atoms with Crippen molar-refractivity contribution >= 4 is 23.5 Å². The van der Waals surface area contributed by atoms with Gasteiger partial charge in [-0.05, 0) is 12.1 Å². The van der Waals surface area contributed by atoms with E-state index in [1.165, 1.54) is 12.1 Å². The summed E-state index contributed by atoms with van der Waals surface area (Å²) in [6, 6.07) is 2.81. The molecule has 0 saturated heterocycles. The minimum atomic E-state index is -1.14. The molecule has 0 aliphatic heterocycles. The Labute approximate surface area is 84.7 Å². The van der Waals surface area contributed by atoms with Crippen LogP contribution in [0.2, 0.25) is 0 Å². The maximum Gasteiger partial charge on any atom is 0.371 e. The average Bonchev–Trinajstić information content (AvgIpc) is 2.62. The van der Waals surface area contributed by atoms with Crippen molar-refractivity contribution in [3.05, 3.63) is 23.7 Å². The molecule has 0 fully saturated rings. The fourth-order valence-corrected chi connectivity index (χ4v) is 0.915. The Kier molecular flexibility index (Phi) is 3.53. The van der Waals surface area contributed by atoms with Crippen molar-refractivity contribution in [1.29, 1.82) is 0 Å². The van der Waals surface area contributed by atoms with E-state index in [4.69, 9.17) is 21.1 Å². The highest BCUT2D eigenvalue weighted by Crippen LogP contribution is 2.07. The van der Waals surface area contributed by atoms with Crippen LogP contribution in [0, 0.1) is 0 Å². The Hall–Kier alpha value is -1.49. The molecule has 0 radical (unpaired) electrons. The maximum absolute atomic E-state index is 10.7. The zero-order chi connectivity index (χ0) is 10.6. The molecule has 0 bridgehead atoms. The van der Waals surface area contributed by atoms with Crippen LogP contribution in [0.5, 0.6) is 0 Å². The average molecular weight is 218 g/mol. The van der Waals surface area contributed by atoms with E-state index in [0.717, 1.165) is 0 Å². The summed E-state index contributed by atoms with van der Waals surface area (Å²) in [6.45, 7) is 0.138. The van der Waals surface area contributed by atoms with Crippen molar-refractivity contribution in [3.63, 3.8) is 0 Å². The van der Waals surface area contributed by atoms with E-state index in [1.54, 1.807) is 0 Å². The minimum absolute atomic E-state index is 0.132. The zero-order valence-corrected chi connectivity index (χ0v) is 7.87. The Morgan fingerprint density at radius 1 is 1.50 bits per heavy atom. The lowest BCUT2D eigenvalue weighted by atomic mass is 10.4. The second-order valence-corrected chi connectivity index (χ2v) is 2.75. The summed E-state index contributed by atoms with van der Waals surface area (Å²) in [5, 5.41) is 11.0. The van der Waals surface area contributed by atoms with Crippen molar-refractivity contribution in [2.45, 2.75) is 6.54 Å². The summed E-state index contributed by atoms with van der Waals surface area (Å²) in [5.41, 5.74) is 0. The van der Waals surface area contributed by atoms with Gasteiger partial charge in [-0.3, -0.25) is 4.79 Å². The number of hydrogen-bond acceptors (Lipinski definition) is 3. The van der Waals surface area contributed by atoms with Crippen LogP contribution in [0.4, 0.5) is 0 Å². The van der Waals surface area contributed by atoms with Crippen molar-refractivity contribution in [2.24, 2.45) is 0 Å². The van der Waals surface area contributed by atoms with Gasteiger partial charge in [0, 0.05) is 0 Å². The second kappa shape index (κ2) is 4.66. The monoisotopic (exact) mass is 217 g/mol. The van der Waals surface area contributed by atoms with Crippen LogP contribution in [0.25, 0.3) is 0 Å². The van der Waals surface area contributed by atoms with Crippen LogP contribution >= 0.6 is 11.6 Å². The third-order valence-corrected chi connectivity index (χ3v) is 1.70. The molecule has 0 saturated carbocycles. The fraction of sp³-hybridized carbons (Fsp3) is 0.250. The van der Waals surface area contributed by atoms with Crippen molar-refractivity contribution in [2.75, 3.05) is 5.88 Å². The molecule has 1 heterocycles. The topological polar surface area (TPSA) is 79.5 Å². The van der Waals surface area contributed by atoms with Crippen LogP contribution in [0.15, 0.2) is 16.5 Å². The van der Waals surface area contributed by atoms with Gasteiger partial charge < -0.3 is 14.8 Å². The van der Waals surface area contributed by atoms with E-state index in [2.05, 4.69) is 5.32 Å². The molecule has 0 aromatic carbocycles. The summed E-state index contributed by atoms with van der Waals surface area (Å²) in [7, 11) is 0. The second-order valence-electron chi connectivity index (χ2n) is 2.48. The van der Waals surface area contributed by atoms with Gasteiger partial charge in [0.2, 0.25) is 11.7 Å². The first-order valence-corrected chi connectivity index (χ1v) is 4.31. The van der Waals surface area contributed by atoms with Crippen LogP contribution in [-0.2, 0) is 11.3 Å². The van der Waals surface area contributed by atoms with Crippen LogP contribution in [0.3, 0.4) is 0 Å². The van der Waals surface area contributed by atoms with Gasteiger partial charge in [-0.25, -0.2) is 4.79 Å². The van der Waals surface area contributed by atoms with Gasteiger partial charge in [0.15, 0.2) is 0 Å². The number of amides is 1. The highest BCUT2D eigenvalue weighted by atomic mass is 35.5. The molecule has 76 valence electrons. The third-order valence-electron chi connectivity index (χ3n) is 1.45. The Bertz CT molecular complexity index is 347. The Balaban J connectivity index is 2.52. The smallest absolute Gasteiger partial charge is 0.371 e. The highest BCUT2D eigenvalue weighted by Gasteiger charge is 2.09. The molecule has 1 aromatic heterocycles. The molecule has 0 aliphatic carbocycles. The Morgan fingerprint density at radius 3 is 2.71 bits per heavy atom. The van der Waals surface area contributed by atoms with Crippen molar-refractivity contribution < 1.29 is 19.1 Å².